The molecule has 4 nitrogen and oxygen atoms in total. The van der Waals surface area contributed by atoms with E-state index in [2.05, 4.69) is 10.2 Å². The van der Waals surface area contributed by atoms with Crippen LogP contribution < -0.4 is 5.32 Å². The first-order valence-corrected chi connectivity index (χ1v) is 13.0. The zero-order valence-corrected chi connectivity index (χ0v) is 22.2. The van der Waals surface area contributed by atoms with Crippen LogP contribution in [0.25, 0.3) is 0 Å². The van der Waals surface area contributed by atoms with E-state index in [4.69, 9.17) is 0 Å². The second-order valence-corrected chi connectivity index (χ2v) is 10.3. The van der Waals surface area contributed by atoms with Gasteiger partial charge in [0.25, 0.3) is 5.91 Å². The highest BCUT2D eigenvalue weighted by molar-refractivity contribution is 5.95. The van der Waals surface area contributed by atoms with Gasteiger partial charge in [0.15, 0.2) is 0 Å². The summed E-state index contributed by atoms with van der Waals surface area (Å²) in [5, 5.41) is 3.48. The normalized spacial score (nSPS) is 18.2. The van der Waals surface area contributed by atoms with Crippen molar-refractivity contribution in [3.05, 3.63) is 101 Å². The van der Waals surface area contributed by atoms with Crippen molar-refractivity contribution in [2.45, 2.75) is 30.6 Å². The SMILES string of the molecule is CN(C)CCNc1ccccc1C1CCN(C(=O)c2cc(C(F)(F)F)cc(C(F)(F)F)c2)CC1c1ccccc1. The van der Waals surface area contributed by atoms with E-state index in [1.165, 1.54) is 4.90 Å². The molecule has 1 heterocycles. The van der Waals surface area contributed by atoms with Crippen LogP contribution in [0.1, 0.15) is 50.9 Å². The third kappa shape index (κ3) is 6.96. The lowest BCUT2D eigenvalue weighted by atomic mass is 9.76. The minimum Gasteiger partial charge on any atom is -0.384 e. The Balaban J connectivity index is 1.67. The van der Waals surface area contributed by atoms with Gasteiger partial charge >= 0.3 is 12.4 Å². The second-order valence-electron chi connectivity index (χ2n) is 10.3. The molecule has 0 bridgehead atoms. The summed E-state index contributed by atoms with van der Waals surface area (Å²) in [5.41, 5.74) is -0.675. The lowest BCUT2D eigenvalue weighted by molar-refractivity contribution is -0.143. The predicted molar refractivity (Wildman–Crippen MR) is 142 cm³/mol. The van der Waals surface area contributed by atoms with Gasteiger partial charge in [-0.2, -0.15) is 26.3 Å². The molecule has 40 heavy (non-hydrogen) atoms. The van der Waals surface area contributed by atoms with Crippen molar-refractivity contribution in [1.82, 2.24) is 9.80 Å². The summed E-state index contributed by atoms with van der Waals surface area (Å²) >= 11 is 0. The minimum absolute atomic E-state index is 0.0262. The molecule has 2 atom stereocenters. The molecule has 10 heteroatoms. The number of amides is 1. The van der Waals surface area contributed by atoms with Gasteiger partial charge in [0.1, 0.15) is 0 Å². The Morgan fingerprint density at radius 2 is 1.48 bits per heavy atom. The number of anilines is 1. The molecule has 4 rings (SSSR count). The molecule has 3 aromatic carbocycles. The zero-order chi connectivity index (χ0) is 29.1. The first-order chi connectivity index (χ1) is 18.8. The van der Waals surface area contributed by atoms with Crippen LogP contribution in [-0.4, -0.2) is 56.0 Å². The van der Waals surface area contributed by atoms with E-state index in [1.807, 2.05) is 68.7 Å². The first kappa shape index (κ1) is 29.5. The zero-order valence-electron chi connectivity index (χ0n) is 22.2. The molecule has 214 valence electrons. The van der Waals surface area contributed by atoms with Gasteiger partial charge in [0, 0.05) is 43.3 Å². The van der Waals surface area contributed by atoms with Crippen LogP contribution in [0.5, 0.6) is 0 Å². The number of carbonyl (C=O) groups is 1. The topological polar surface area (TPSA) is 35.6 Å². The minimum atomic E-state index is -5.03. The number of nitrogens with one attached hydrogen (secondary N) is 1. The van der Waals surface area contributed by atoms with Gasteiger partial charge in [-0.15, -0.1) is 0 Å². The van der Waals surface area contributed by atoms with Crippen molar-refractivity contribution in [2.75, 3.05) is 45.6 Å². The summed E-state index contributed by atoms with van der Waals surface area (Å²) < 4.78 is 80.6. The fourth-order valence-electron chi connectivity index (χ4n) is 5.20. The van der Waals surface area contributed by atoms with Crippen molar-refractivity contribution in [2.24, 2.45) is 0 Å². The molecule has 2 unspecified atom stereocenters. The van der Waals surface area contributed by atoms with Crippen LogP contribution in [0.15, 0.2) is 72.8 Å². The number of likely N-dealkylation sites (tertiary alicyclic amines) is 1. The number of carbonyl (C=O) groups excluding carboxylic acids is 1. The van der Waals surface area contributed by atoms with Gasteiger partial charge in [-0.25, -0.2) is 0 Å². The second kappa shape index (κ2) is 11.9. The molecule has 3 aromatic rings. The van der Waals surface area contributed by atoms with E-state index in [0.717, 1.165) is 23.4 Å². The standard InChI is InChI=1S/C30H31F6N3O/c1-38(2)15-13-37-27-11-7-6-10-25(27)24-12-14-39(19-26(24)20-8-4-3-5-9-20)28(40)21-16-22(29(31,32)33)18-23(17-21)30(34,35)36/h3-11,16-18,24,26,37H,12-15,19H2,1-2H3. The van der Waals surface area contributed by atoms with Crippen LogP contribution in [-0.2, 0) is 12.4 Å². The average molecular weight is 564 g/mol. The summed E-state index contributed by atoms with van der Waals surface area (Å²) in [4.78, 5) is 16.9. The maximum atomic E-state index is 13.4. The molecule has 1 amide bonds. The van der Waals surface area contributed by atoms with Crippen LogP contribution in [0.2, 0.25) is 0 Å². The van der Waals surface area contributed by atoms with Crippen molar-refractivity contribution in [1.29, 1.82) is 0 Å². The predicted octanol–water partition coefficient (Wildman–Crippen LogP) is 7.11. The Hall–Kier alpha value is -3.53. The van der Waals surface area contributed by atoms with Crippen LogP contribution in [0.4, 0.5) is 32.0 Å². The molecule has 0 spiro atoms. The molecular weight excluding hydrogens is 532 g/mol. The number of alkyl halides is 6. The highest BCUT2D eigenvalue weighted by atomic mass is 19.4. The molecule has 0 aliphatic carbocycles. The maximum absolute atomic E-state index is 13.4. The van der Waals surface area contributed by atoms with Gasteiger partial charge in [0.05, 0.1) is 11.1 Å². The summed E-state index contributed by atoms with van der Waals surface area (Å²) in [7, 11) is 3.96. The summed E-state index contributed by atoms with van der Waals surface area (Å²) in [6, 6.07) is 18.4. The van der Waals surface area contributed by atoms with E-state index in [1.54, 1.807) is 0 Å². The quantitative estimate of drug-likeness (QED) is 0.311. The van der Waals surface area contributed by atoms with Gasteiger partial charge < -0.3 is 15.1 Å². The molecule has 0 aromatic heterocycles. The van der Waals surface area contributed by atoms with Crippen LogP contribution >= 0.6 is 0 Å². The Bertz CT molecular complexity index is 1270. The van der Waals surface area contributed by atoms with E-state index >= 15 is 0 Å². The Morgan fingerprint density at radius 1 is 0.875 bits per heavy atom. The van der Waals surface area contributed by atoms with Gasteiger partial charge in [-0.1, -0.05) is 48.5 Å². The maximum Gasteiger partial charge on any atom is 0.416 e. The smallest absolute Gasteiger partial charge is 0.384 e. The van der Waals surface area contributed by atoms with E-state index in [0.29, 0.717) is 25.1 Å². The van der Waals surface area contributed by atoms with E-state index in [-0.39, 0.29) is 31.0 Å². The number of likely N-dealkylation sites (N-methyl/N-ethyl adjacent to an activating group) is 1. The molecule has 1 fully saturated rings. The monoisotopic (exact) mass is 563 g/mol. The fraction of sp³-hybridized carbons (Fsp3) is 0.367. The van der Waals surface area contributed by atoms with E-state index in [9.17, 15) is 31.1 Å². The number of hydrogen-bond donors (Lipinski definition) is 1. The Morgan fingerprint density at radius 3 is 2.08 bits per heavy atom. The summed E-state index contributed by atoms with van der Waals surface area (Å²) in [6.45, 7) is 1.88. The highest BCUT2D eigenvalue weighted by Gasteiger charge is 2.39. The summed E-state index contributed by atoms with van der Waals surface area (Å²) in [6.07, 6.45) is -9.57. The van der Waals surface area contributed by atoms with Gasteiger partial charge in [0.2, 0.25) is 0 Å². The number of piperidine rings is 1. The lowest BCUT2D eigenvalue weighted by Crippen LogP contribution is -2.42. The number of rotatable bonds is 7. The number of nitrogens with zero attached hydrogens (tertiary/aromatic N) is 2. The Kier molecular flexibility index (Phi) is 8.77. The molecular formula is C30H31F6N3O. The third-order valence-electron chi connectivity index (χ3n) is 7.20. The third-order valence-corrected chi connectivity index (χ3v) is 7.20. The van der Waals surface area contributed by atoms with Crippen molar-refractivity contribution < 1.29 is 31.1 Å². The highest BCUT2D eigenvalue weighted by Crippen LogP contribution is 2.43. The fourth-order valence-corrected chi connectivity index (χ4v) is 5.20. The molecule has 1 aliphatic rings. The van der Waals surface area contributed by atoms with Crippen molar-refractivity contribution in [3.8, 4) is 0 Å². The van der Waals surface area contributed by atoms with Crippen LogP contribution in [0, 0.1) is 0 Å². The Labute approximate surface area is 229 Å². The largest absolute Gasteiger partial charge is 0.416 e. The molecule has 1 saturated heterocycles. The number of para-hydroxylation sites is 1. The molecule has 1 N–H and O–H groups in total. The summed E-state index contributed by atoms with van der Waals surface area (Å²) in [5.74, 6) is -1.10. The molecule has 0 saturated carbocycles. The average Bonchev–Trinajstić information content (AvgIpc) is 2.92. The number of halogens is 6. The van der Waals surface area contributed by atoms with Crippen molar-refractivity contribution in [3.63, 3.8) is 0 Å². The lowest BCUT2D eigenvalue weighted by Gasteiger charge is -2.40. The molecule has 0 radical (unpaired) electrons. The first-order valence-electron chi connectivity index (χ1n) is 13.0. The number of benzene rings is 3. The van der Waals surface area contributed by atoms with Crippen molar-refractivity contribution >= 4 is 11.6 Å². The van der Waals surface area contributed by atoms with E-state index < -0.39 is 35.0 Å². The van der Waals surface area contributed by atoms with Gasteiger partial charge in [-0.3, -0.25) is 4.79 Å². The van der Waals surface area contributed by atoms with Gasteiger partial charge in [-0.05, 0) is 61.8 Å². The number of hydrogen-bond acceptors (Lipinski definition) is 3. The molecule has 1 aliphatic heterocycles. The van der Waals surface area contributed by atoms with Crippen LogP contribution in [0.3, 0.4) is 0 Å².